The molecule has 3 nitrogen and oxygen atoms in total. The fraction of sp³-hybridized carbons (Fsp3) is 0.286. The van der Waals surface area contributed by atoms with Gasteiger partial charge in [-0.25, -0.2) is 0 Å². The Balaban J connectivity index is 3.03. The van der Waals surface area contributed by atoms with Crippen LogP contribution in [0, 0.1) is 13.8 Å². The highest BCUT2D eigenvalue weighted by atomic mass is 16.4. The second-order valence-electron chi connectivity index (χ2n) is 2.11. The highest BCUT2D eigenvalue weighted by Crippen LogP contribution is 2.10. The molecule has 0 atom stereocenters. The van der Waals surface area contributed by atoms with Gasteiger partial charge < -0.3 is 9.62 Å². The third-order valence-electron chi connectivity index (χ3n) is 1.28. The lowest BCUT2D eigenvalue weighted by Crippen LogP contribution is -1.77. The summed E-state index contributed by atoms with van der Waals surface area (Å²) in [7, 11) is 0. The van der Waals surface area contributed by atoms with Crippen LogP contribution in [0.15, 0.2) is 15.6 Å². The molecule has 1 N–H and O–H groups in total. The number of nitrogens with zero attached hydrogens (tertiary/aromatic N) is 1. The van der Waals surface area contributed by atoms with Gasteiger partial charge in [-0.15, -0.1) is 0 Å². The molecule has 0 bridgehead atoms. The van der Waals surface area contributed by atoms with E-state index in [2.05, 4.69) is 5.16 Å². The Morgan fingerprint density at radius 2 is 2.30 bits per heavy atom. The minimum absolute atomic E-state index is 0.773. The molecule has 0 aliphatic carbocycles. The minimum atomic E-state index is 0.773. The Kier molecular flexibility index (Phi) is 1.76. The van der Waals surface area contributed by atoms with Crippen LogP contribution in [0.4, 0.5) is 0 Å². The van der Waals surface area contributed by atoms with Crippen LogP contribution in [0.3, 0.4) is 0 Å². The lowest BCUT2D eigenvalue weighted by Gasteiger charge is -1.82. The second-order valence-corrected chi connectivity index (χ2v) is 2.11. The Hall–Kier alpha value is -1.25. The first-order valence-electron chi connectivity index (χ1n) is 2.98. The summed E-state index contributed by atoms with van der Waals surface area (Å²) in [6, 6.07) is 1.81. The number of furan rings is 1. The number of hydrogen-bond acceptors (Lipinski definition) is 3. The molecular weight excluding hydrogens is 130 g/mol. The van der Waals surface area contributed by atoms with Crippen LogP contribution in [-0.4, -0.2) is 11.4 Å². The Bertz CT molecular complexity index is 250. The van der Waals surface area contributed by atoms with Gasteiger partial charge in [0.2, 0.25) is 0 Å². The van der Waals surface area contributed by atoms with Gasteiger partial charge >= 0.3 is 0 Å². The summed E-state index contributed by atoms with van der Waals surface area (Å²) in [5, 5.41) is 11.1. The van der Waals surface area contributed by atoms with Gasteiger partial charge in [-0.3, -0.25) is 0 Å². The van der Waals surface area contributed by atoms with Crippen LogP contribution in [0.1, 0.15) is 17.1 Å². The van der Waals surface area contributed by atoms with Gasteiger partial charge in [0.25, 0.3) is 0 Å². The molecule has 0 aliphatic rings. The number of rotatable bonds is 1. The van der Waals surface area contributed by atoms with E-state index in [-0.39, 0.29) is 0 Å². The van der Waals surface area contributed by atoms with Crippen molar-refractivity contribution in [2.75, 3.05) is 0 Å². The van der Waals surface area contributed by atoms with Gasteiger partial charge in [0, 0.05) is 5.56 Å². The third kappa shape index (κ3) is 1.18. The summed E-state index contributed by atoms with van der Waals surface area (Å²) in [6.45, 7) is 3.67. The van der Waals surface area contributed by atoms with Crippen molar-refractivity contribution >= 4 is 6.21 Å². The number of hydrogen-bond donors (Lipinski definition) is 1. The topological polar surface area (TPSA) is 45.7 Å². The molecule has 0 fully saturated rings. The van der Waals surface area contributed by atoms with Crippen LogP contribution in [0.25, 0.3) is 0 Å². The third-order valence-corrected chi connectivity index (χ3v) is 1.28. The van der Waals surface area contributed by atoms with Crippen LogP contribution >= 0.6 is 0 Å². The van der Waals surface area contributed by atoms with Crippen molar-refractivity contribution in [1.29, 1.82) is 0 Å². The van der Waals surface area contributed by atoms with Crippen molar-refractivity contribution in [3.05, 3.63) is 23.2 Å². The van der Waals surface area contributed by atoms with E-state index in [4.69, 9.17) is 9.62 Å². The molecule has 0 saturated carbocycles. The monoisotopic (exact) mass is 139 g/mol. The molecule has 0 unspecified atom stereocenters. The predicted octanol–water partition coefficient (Wildman–Crippen LogP) is 1.70. The number of aryl methyl sites for hydroxylation is 2. The SMILES string of the molecule is Cc1cc(C=NO)c(C)o1. The second kappa shape index (κ2) is 2.56. The van der Waals surface area contributed by atoms with E-state index in [0.29, 0.717) is 0 Å². The Morgan fingerprint density at radius 1 is 1.60 bits per heavy atom. The van der Waals surface area contributed by atoms with Crippen molar-refractivity contribution < 1.29 is 9.62 Å². The lowest BCUT2D eigenvalue weighted by atomic mass is 10.3. The lowest BCUT2D eigenvalue weighted by molar-refractivity contribution is 0.321. The summed E-state index contributed by atoms with van der Waals surface area (Å²) >= 11 is 0. The molecule has 1 heterocycles. The van der Waals surface area contributed by atoms with Gasteiger partial charge in [0.05, 0.1) is 6.21 Å². The quantitative estimate of drug-likeness (QED) is 0.365. The van der Waals surface area contributed by atoms with Crippen LogP contribution in [0.5, 0.6) is 0 Å². The van der Waals surface area contributed by atoms with Crippen molar-refractivity contribution in [1.82, 2.24) is 0 Å². The van der Waals surface area contributed by atoms with Gasteiger partial charge in [-0.2, -0.15) is 0 Å². The number of oxime groups is 1. The van der Waals surface area contributed by atoms with Crippen LogP contribution < -0.4 is 0 Å². The standard InChI is InChI=1S/C7H9NO2/c1-5-3-7(4-8-9)6(2)10-5/h3-4,9H,1-2H3. The van der Waals surface area contributed by atoms with E-state index in [1.54, 1.807) is 0 Å². The van der Waals surface area contributed by atoms with E-state index in [9.17, 15) is 0 Å². The molecule has 0 aromatic carbocycles. The highest BCUT2D eigenvalue weighted by molar-refractivity contribution is 5.80. The minimum Gasteiger partial charge on any atom is -0.466 e. The first-order chi connectivity index (χ1) is 4.74. The average Bonchev–Trinajstić information content (AvgIpc) is 2.13. The zero-order valence-corrected chi connectivity index (χ0v) is 5.96. The molecule has 0 amide bonds. The van der Waals surface area contributed by atoms with Crippen molar-refractivity contribution in [3.63, 3.8) is 0 Å². The molecule has 0 radical (unpaired) electrons. The van der Waals surface area contributed by atoms with Gasteiger partial charge in [-0.1, -0.05) is 5.16 Å². The van der Waals surface area contributed by atoms with Crippen LogP contribution in [0.2, 0.25) is 0 Å². The zero-order valence-electron chi connectivity index (χ0n) is 5.96. The zero-order chi connectivity index (χ0) is 7.56. The first kappa shape index (κ1) is 6.86. The maximum atomic E-state index is 8.18. The van der Waals surface area contributed by atoms with Crippen molar-refractivity contribution in [3.8, 4) is 0 Å². The molecule has 1 rings (SSSR count). The van der Waals surface area contributed by atoms with E-state index >= 15 is 0 Å². The largest absolute Gasteiger partial charge is 0.466 e. The van der Waals surface area contributed by atoms with Crippen molar-refractivity contribution in [2.24, 2.45) is 5.16 Å². The van der Waals surface area contributed by atoms with Crippen molar-refractivity contribution in [2.45, 2.75) is 13.8 Å². The molecule has 1 aromatic heterocycles. The van der Waals surface area contributed by atoms with Gasteiger partial charge in [0.1, 0.15) is 11.5 Å². The molecule has 0 spiro atoms. The Morgan fingerprint density at radius 3 is 2.70 bits per heavy atom. The maximum Gasteiger partial charge on any atom is 0.109 e. The summed E-state index contributed by atoms with van der Waals surface area (Å²) in [4.78, 5) is 0. The highest BCUT2D eigenvalue weighted by Gasteiger charge is 1.99. The predicted molar refractivity (Wildman–Crippen MR) is 37.6 cm³/mol. The fourth-order valence-corrected chi connectivity index (χ4v) is 0.841. The smallest absolute Gasteiger partial charge is 0.109 e. The Labute approximate surface area is 59.0 Å². The summed E-state index contributed by atoms with van der Waals surface area (Å²) in [6.07, 6.45) is 1.35. The molecular formula is C7H9NO2. The molecule has 54 valence electrons. The maximum absolute atomic E-state index is 8.18. The van der Waals surface area contributed by atoms with E-state index < -0.39 is 0 Å². The van der Waals surface area contributed by atoms with E-state index in [1.165, 1.54) is 6.21 Å². The van der Waals surface area contributed by atoms with E-state index in [1.807, 2.05) is 19.9 Å². The summed E-state index contributed by atoms with van der Waals surface area (Å²) in [5.41, 5.74) is 0.819. The van der Waals surface area contributed by atoms with Gasteiger partial charge in [-0.05, 0) is 19.9 Å². The first-order valence-corrected chi connectivity index (χ1v) is 2.98. The molecule has 0 saturated heterocycles. The van der Waals surface area contributed by atoms with Crippen LogP contribution in [-0.2, 0) is 0 Å². The fourth-order valence-electron chi connectivity index (χ4n) is 0.841. The molecule has 10 heavy (non-hydrogen) atoms. The summed E-state index contributed by atoms with van der Waals surface area (Å²) < 4.78 is 5.16. The van der Waals surface area contributed by atoms with E-state index in [0.717, 1.165) is 17.1 Å². The summed E-state index contributed by atoms with van der Waals surface area (Å²) in [5.74, 6) is 1.60. The normalized spacial score (nSPS) is 11.0. The molecule has 1 aromatic rings. The average molecular weight is 139 g/mol. The molecule has 0 aliphatic heterocycles. The molecule has 3 heteroatoms. The van der Waals surface area contributed by atoms with Gasteiger partial charge in [0.15, 0.2) is 0 Å².